The van der Waals surface area contributed by atoms with Crippen LogP contribution in [0.3, 0.4) is 0 Å². The quantitative estimate of drug-likeness (QED) is 0.707. The summed E-state index contributed by atoms with van der Waals surface area (Å²) >= 11 is 11.7. The first kappa shape index (κ1) is 21.6. The van der Waals surface area contributed by atoms with Crippen molar-refractivity contribution in [2.24, 2.45) is 0 Å². The number of anilines is 1. The van der Waals surface area contributed by atoms with Gasteiger partial charge in [-0.3, -0.25) is 9.69 Å². The Morgan fingerprint density at radius 2 is 1.71 bits per heavy atom. The number of urea groups is 1. The van der Waals surface area contributed by atoms with E-state index in [0.717, 1.165) is 31.4 Å². The molecule has 3 amide bonds. The van der Waals surface area contributed by atoms with Gasteiger partial charge in [0, 0.05) is 29.8 Å². The number of aromatic nitrogens is 2. The van der Waals surface area contributed by atoms with Gasteiger partial charge in [0.1, 0.15) is 12.6 Å². The van der Waals surface area contributed by atoms with Crippen LogP contribution in [-0.4, -0.2) is 58.6 Å². The van der Waals surface area contributed by atoms with Gasteiger partial charge in [-0.05, 0) is 49.9 Å². The van der Waals surface area contributed by atoms with Gasteiger partial charge in [-0.25, -0.2) is 14.8 Å². The zero-order valence-corrected chi connectivity index (χ0v) is 18.3. The molecule has 0 atom stereocenters. The number of amides is 3. The molecule has 164 valence electrons. The third-order valence-corrected chi connectivity index (χ3v) is 5.92. The van der Waals surface area contributed by atoms with Crippen molar-refractivity contribution in [2.75, 3.05) is 24.5 Å². The van der Waals surface area contributed by atoms with E-state index in [1.807, 2.05) is 0 Å². The molecule has 2 heterocycles. The smallest absolute Gasteiger partial charge is 0.325 e. The van der Waals surface area contributed by atoms with Crippen molar-refractivity contribution >= 4 is 40.8 Å². The number of nitrogens with one attached hydrogen (secondary N) is 1. The minimum atomic E-state index is -0.169. The molecule has 1 N–H and O–H groups in total. The van der Waals surface area contributed by atoms with Crippen molar-refractivity contribution in [2.45, 2.75) is 37.8 Å². The minimum Gasteiger partial charge on any atom is -0.460 e. The first-order valence-corrected chi connectivity index (χ1v) is 11.0. The Bertz CT molecular complexity index is 918. The van der Waals surface area contributed by atoms with Gasteiger partial charge in [-0.1, -0.05) is 23.2 Å². The predicted molar refractivity (Wildman–Crippen MR) is 118 cm³/mol. The predicted octanol–water partition coefficient (Wildman–Crippen LogP) is 3.53. The minimum absolute atomic E-state index is 0.0161. The fourth-order valence-electron chi connectivity index (χ4n) is 3.87. The molecule has 1 aliphatic heterocycles. The van der Waals surface area contributed by atoms with Gasteiger partial charge < -0.3 is 15.0 Å². The highest BCUT2D eigenvalue weighted by Crippen LogP contribution is 2.24. The van der Waals surface area contributed by atoms with E-state index in [1.54, 1.807) is 34.1 Å². The van der Waals surface area contributed by atoms with Crippen LogP contribution in [0.1, 0.15) is 25.7 Å². The van der Waals surface area contributed by atoms with Crippen LogP contribution in [-0.2, 0) is 4.79 Å². The standard InChI is InChI=1S/C21H23Cl2N5O3/c22-14-1-5-17(6-2-14)28-10-9-27(21(28)30)13-19(29)26-16-3-7-18(8-4-16)31-20-24-11-15(23)12-25-20/h1-2,5-6,11-12,16,18H,3-4,7-10,13H2,(H,26,29). The van der Waals surface area contributed by atoms with E-state index in [0.29, 0.717) is 29.1 Å². The number of ether oxygens (including phenoxy) is 1. The molecule has 1 saturated heterocycles. The second kappa shape index (κ2) is 9.70. The van der Waals surface area contributed by atoms with Crippen LogP contribution >= 0.6 is 23.2 Å². The maximum absolute atomic E-state index is 12.7. The molecule has 10 heteroatoms. The lowest BCUT2D eigenvalue weighted by Crippen LogP contribution is -2.45. The fourth-order valence-corrected chi connectivity index (χ4v) is 4.10. The van der Waals surface area contributed by atoms with E-state index in [1.165, 1.54) is 12.4 Å². The average Bonchev–Trinajstić information content (AvgIpc) is 3.12. The molecule has 1 aliphatic carbocycles. The van der Waals surface area contributed by atoms with E-state index in [2.05, 4.69) is 15.3 Å². The van der Waals surface area contributed by atoms with E-state index in [9.17, 15) is 9.59 Å². The Labute approximate surface area is 190 Å². The van der Waals surface area contributed by atoms with Crippen molar-refractivity contribution in [1.29, 1.82) is 0 Å². The van der Waals surface area contributed by atoms with E-state index >= 15 is 0 Å². The second-order valence-electron chi connectivity index (χ2n) is 7.68. The van der Waals surface area contributed by atoms with Crippen LogP contribution < -0.4 is 15.0 Å². The molecule has 2 fully saturated rings. The number of hydrogen-bond acceptors (Lipinski definition) is 5. The molecule has 1 aromatic carbocycles. The van der Waals surface area contributed by atoms with Gasteiger partial charge in [0.05, 0.1) is 17.4 Å². The van der Waals surface area contributed by atoms with Gasteiger partial charge in [0.15, 0.2) is 0 Å². The van der Waals surface area contributed by atoms with Gasteiger partial charge in [-0.2, -0.15) is 0 Å². The summed E-state index contributed by atoms with van der Waals surface area (Å²) in [7, 11) is 0. The molecule has 4 rings (SSSR count). The Morgan fingerprint density at radius 3 is 2.39 bits per heavy atom. The van der Waals surface area contributed by atoms with Gasteiger partial charge in [0.25, 0.3) is 0 Å². The summed E-state index contributed by atoms with van der Waals surface area (Å²) in [6, 6.07) is 7.33. The summed E-state index contributed by atoms with van der Waals surface area (Å²) in [5, 5.41) is 4.13. The van der Waals surface area contributed by atoms with E-state index in [-0.39, 0.29) is 30.6 Å². The first-order chi connectivity index (χ1) is 15.0. The fraction of sp³-hybridized carbons (Fsp3) is 0.429. The first-order valence-electron chi connectivity index (χ1n) is 10.2. The number of nitrogens with zero attached hydrogens (tertiary/aromatic N) is 4. The topological polar surface area (TPSA) is 87.7 Å². The van der Waals surface area contributed by atoms with Crippen molar-refractivity contribution in [3.8, 4) is 6.01 Å². The second-order valence-corrected chi connectivity index (χ2v) is 8.55. The average molecular weight is 464 g/mol. The molecule has 2 aliphatic rings. The normalized spacial score (nSPS) is 21.3. The van der Waals surface area contributed by atoms with Crippen molar-refractivity contribution in [3.63, 3.8) is 0 Å². The highest BCUT2D eigenvalue weighted by atomic mass is 35.5. The SMILES string of the molecule is O=C(CN1CCN(c2ccc(Cl)cc2)C1=O)NC1CCC(Oc2ncc(Cl)cn2)CC1. The van der Waals surface area contributed by atoms with Crippen molar-refractivity contribution in [1.82, 2.24) is 20.2 Å². The van der Waals surface area contributed by atoms with Crippen LogP contribution in [0.4, 0.5) is 10.5 Å². The summed E-state index contributed by atoms with van der Waals surface area (Å²) in [6.45, 7) is 1.11. The number of hydrogen-bond donors (Lipinski definition) is 1. The molecule has 8 nitrogen and oxygen atoms in total. The van der Waals surface area contributed by atoms with Gasteiger partial charge in [0.2, 0.25) is 5.91 Å². The number of carbonyl (C=O) groups excluding carboxylic acids is 2. The van der Waals surface area contributed by atoms with E-state index < -0.39 is 0 Å². The van der Waals surface area contributed by atoms with Gasteiger partial charge >= 0.3 is 12.0 Å². The zero-order chi connectivity index (χ0) is 21.8. The molecular formula is C21H23Cl2N5O3. The van der Waals surface area contributed by atoms with Crippen LogP contribution in [0.25, 0.3) is 0 Å². The summed E-state index contributed by atoms with van der Waals surface area (Å²) in [4.78, 5) is 36.5. The highest BCUT2D eigenvalue weighted by molar-refractivity contribution is 6.30. The van der Waals surface area contributed by atoms with Crippen LogP contribution in [0.15, 0.2) is 36.7 Å². The number of halogens is 2. The number of rotatable bonds is 6. The van der Waals surface area contributed by atoms with Crippen molar-refractivity contribution < 1.29 is 14.3 Å². The molecule has 31 heavy (non-hydrogen) atoms. The van der Waals surface area contributed by atoms with E-state index in [4.69, 9.17) is 27.9 Å². The van der Waals surface area contributed by atoms with Crippen molar-refractivity contribution in [3.05, 3.63) is 46.7 Å². The summed E-state index contributed by atoms with van der Waals surface area (Å²) in [5.41, 5.74) is 0.778. The summed E-state index contributed by atoms with van der Waals surface area (Å²) in [5.74, 6) is -0.142. The molecule has 1 saturated carbocycles. The number of carbonyl (C=O) groups is 2. The Morgan fingerprint density at radius 1 is 1.03 bits per heavy atom. The molecule has 0 bridgehead atoms. The Hall–Kier alpha value is -2.58. The largest absolute Gasteiger partial charge is 0.460 e. The Balaban J connectivity index is 1.21. The lowest BCUT2D eigenvalue weighted by molar-refractivity contribution is -0.122. The molecule has 0 unspecified atom stereocenters. The molecule has 0 spiro atoms. The molecule has 2 aromatic rings. The third-order valence-electron chi connectivity index (χ3n) is 5.48. The van der Waals surface area contributed by atoms with Crippen LogP contribution in [0, 0.1) is 0 Å². The summed E-state index contributed by atoms with van der Waals surface area (Å²) < 4.78 is 5.79. The van der Waals surface area contributed by atoms with Gasteiger partial charge in [-0.15, -0.1) is 0 Å². The Kier molecular flexibility index (Phi) is 6.77. The lowest BCUT2D eigenvalue weighted by Gasteiger charge is -2.29. The maximum Gasteiger partial charge on any atom is 0.325 e. The van der Waals surface area contributed by atoms with Crippen LogP contribution in [0.5, 0.6) is 6.01 Å². The third kappa shape index (κ3) is 5.57. The molecule has 1 aromatic heterocycles. The van der Waals surface area contributed by atoms with Crippen LogP contribution in [0.2, 0.25) is 10.0 Å². The summed E-state index contributed by atoms with van der Waals surface area (Å²) in [6.07, 6.45) is 6.21. The lowest BCUT2D eigenvalue weighted by atomic mass is 9.93. The monoisotopic (exact) mass is 463 g/mol. The maximum atomic E-state index is 12.7. The molecular weight excluding hydrogens is 441 g/mol. The number of benzene rings is 1. The molecule has 0 radical (unpaired) electrons. The highest BCUT2D eigenvalue weighted by Gasteiger charge is 2.32. The zero-order valence-electron chi connectivity index (χ0n) is 16.8.